The van der Waals surface area contributed by atoms with E-state index in [9.17, 15) is 4.79 Å². The van der Waals surface area contributed by atoms with E-state index in [0.717, 1.165) is 19.6 Å². The van der Waals surface area contributed by atoms with Gasteiger partial charge in [-0.2, -0.15) is 0 Å². The van der Waals surface area contributed by atoms with Gasteiger partial charge in [0, 0.05) is 19.6 Å². The minimum Gasteiger partial charge on any atom is -0.461 e. The summed E-state index contributed by atoms with van der Waals surface area (Å²) in [7, 11) is 0. The average Bonchev–Trinajstić information content (AvgIpc) is 2.80. The highest BCUT2D eigenvalue weighted by atomic mass is 16.5. The summed E-state index contributed by atoms with van der Waals surface area (Å²) in [6, 6.07) is 0. The maximum Gasteiger partial charge on any atom is 0.307 e. The molecule has 1 aliphatic rings. The molecule has 0 aromatic rings. The summed E-state index contributed by atoms with van der Waals surface area (Å²) in [6.07, 6.45) is 2.09. The minimum atomic E-state index is -0.128. The third kappa shape index (κ3) is 3.78. The third-order valence-electron chi connectivity index (χ3n) is 1.53. The first kappa shape index (κ1) is 8.27. The topological polar surface area (TPSA) is 29.3 Å². The summed E-state index contributed by atoms with van der Waals surface area (Å²) in [6.45, 7) is 6.90. The van der Waals surface area contributed by atoms with Crippen molar-refractivity contribution in [3.8, 4) is 0 Å². The molecule has 0 amide bonds. The van der Waals surface area contributed by atoms with E-state index in [2.05, 4.69) is 11.5 Å². The molecule has 1 rings (SSSR count). The first-order valence-corrected chi connectivity index (χ1v) is 3.82. The van der Waals surface area contributed by atoms with Gasteiger partial charge in [0.1, 0.15) is 6.61 Å². The van der Waals surface area contributed by atoms with Gasteiger partial charge in [0.2, 0.25) is 0 Å². The molecule has 0 unspecified atom stereocenters. The van der Waals surface area contributed by atoms with Crippen LogP contribution in [-0.4, -0.2) is 37.1 Å². The van der Waals surface area contributed by atoms with Gasteiger partial charge in [0.25, 0.3) is 0 Å². The molecule has 0 N–H and O–H groups in total. The fourth-order valence-electron chi connectivity index (χ4n) is 0.768. The molecule has 3 heteroatoms. The van der Waals surface area contributed by atoms with Crippen LogP contribution in [0.25, 0.3) is 0 Å². The Morgan fingerprint density at radius 3 is 2.91 bits per heavy atom. The van der Waals surface area contributed by atoms with Crippen LogP contribution in [0.5, 0.6) is 0 Å². The molecule has 0 aliphatic carbocycles. The third-order valence-corrected chi connectivity index (χ3v) is 1.53. The van der Waals surface area contributed by atoms with Gasteiger partial charge < -0.3 is 9.64 Å². The van der Waals surface area contributed by atoms with Crippen molar-refractivity contribution in [3.05, 3.63) is 12.7 Å². The SMILES string of the molecule is C=CCOC(=O)CCN1CC1. The van der Waals surface area contributed by atoms with Crippen LogP contribution in [0.2, 0.25) is 0 Å². The number of nitrogens with zero attached hydrogens (tertiary/aromatic N) is 1. The standard InChI is InChI=1S/C8H13NO2/c1-2-7-11-8(10)3-4-9-5-6-9/h2H,1,3-7H2. The van der Waals surface area contributed by atoms with Crippen molar-refractivity contribution in [3.63, 3.8) is 0 Å². The Hall–Kier alpha value is -0.830. The number of rotatable bonds is 5. The summed E-state index contributed by atoms with van der Waals surface area (Å²) in [5.74, 6) is -0.128. The molecule has 0 saturated carbocycles. The lowest BCUT2D eigenvalue weighted by atomic mass is 10.4. The first-order chi connectivity index (χ1) is 5.33. The van der Waals surface area contributed by atoms with Crippen LogP contribution in [0.3, 0.4) is 0 Å². The quantitative estimate of drug-likeness (QED) is 0.327. The van der Waals surface area contributed by atoms with Crippen molar-refractivity contribution in [1.29, 1.82) is 0 Å². The summed E-state index contributed by atoms with van der Waals surface area (Å²) >= 11 is 0. The molecule has 11 heavy (non-hydrogen) atoms. The fourth-order valence-corrected chi connectivity index (χ4v) is 0.768. The molecule has 1 heterocycles. The minimum absolute atomic E-state index is 0.128. The number of carbonyl (C=O) groups is 1. The zero-order valence-corrected chi connectivity index (χ0v) is 6.58. The Kier molecular flexibility index (Phi) is 3.11. The Morgan fingerprint density at radius 1 is 1.64 bits per heavy atom. The Labute approximate surface area is 66.6 Å². The predicted molar refractivity (Wildman–Crippen MR) is 42.2 cm³/mol. The summed E-state index contributed by atoms with van der Waals surface area (Å²) in [4.78, 5) is 13.0. The van der Waals surface area contributed by atoms with Crippen LogP contribution in [0.15, 0.2) is 12.7 Å². The molecule has 62 valence electrons. The monoisotopic (exact) mass is 155 g/mol. The van der Waals surface area contributed by atoms with Gasteiger partial charge >= 0.3 is 5.97 Å². The predicted octanol–water partition coefficient (Wildman–Crippen LogP) is 0.421. The summed E-state index contributed by atoms with van der Waals surface area (Å²) < 4.78 is 4.79. The zero-order chi connectivity index (χ0) is 8.10. The van der Waals surface area contributed by atoms with Crippen LogP contribution >= 0.6 is 0 Å². The highest BCUT2D eigenvalue weighted by molar-refractivity contribution is 5.69. The van der Waals surface area contributed by atoms with E-state index in [1.54, 1.807) is 6.08 Å². The van der Waals surface area contributed by atoms with E-state index in [0.29, 0.717) is 13.0 Å². The fraction of sp³-hybridized carbons (Fsp3) is 0.625. The molecule has 1 saturated heterocycles. The zero-order valence-electron chi connectivity index (χ0n) is 6.58. The van der Waals surface area contributed by atoms with Crippen molar-refractivity contribution >= 4 is 5.97 Å². The molecular formula is C8H13NO2. The van der Waals surface area contributed by atoms with E-state index in [1.165, 1.54) is 0 Å². The van der Waals surface area contributed by atoms with Crippen LogP contribution in [0.1, 0.15) is 6.42 Å². The van der Waals surface area contributed by atoms with Gasteiger partial charge in [-0.1, -0.05) is 12.7 Å². The second-order valence-electron chi connectivity index (χ2n) is 2.56. The van der Waals surface area contributed by atoms with E-state index < -0.39 is 0 Å². The molecule has 0 atom stereocenters. The highest BCUT2D eigenvalue weighted by Crippen LogP contribution is 2.03. The first-order valence-electron chi connectivity index (χ1n) is 3.82. The summed E-state index contributed by atoms with van der Waals surface area (Å²) in [5, 5.41) is 0. The molecule has 0 bridgehead atoms. The lowest BCUT2D eigenvalue weighted by molar-refractivity contribution is -0.142. The Balaban J connectivity index is 1.95. The lowest BCUT2D eigenvalue weighted by Crippen LogP contribution is -2.10. The maximum absolute atomic E-state index is 10.8. The highest BCUT2D eigenvalue weighted by Gasteiger charge is 2.17. The van der Waals surface area contributed by atoms with E-state index in [1.807, 2.05) is 0 Å². The Morgan fingerprint density at radius 2 is 2.36 bits per heavy atom. The Bertz CT molecular complexity index is 152. The number of carbonyl (C=O) groups excluding carboxylic acids is 1. The van der Waals surface area contributed by atoms with E-state index in [4.69, 9.17) is 4.74 Å². The van der Waals surface area contributed by atoms with Gasteiger partial charge in [-0.25, -0.2) is 0 Å². The smallest absolute Gasteiger partial charge is 0.307 e. The van der Waals surface area contributed by atoms with Crippen molar-refractivity contribution < 1.29 is 9.53 Å². The van der Waals surface area contributed by atoms with Gasteiger partial charge in [-0.05, 0) is 0 Å². The second kappa shape index (κ2) is 4.13. The van der Waals surface area contributed by atoms with Crippen molar-refractivity contribution in [2.45, 2.75) is 6.42 Å². The largest absolute Gasteiger partial charge is 0.461 e. The number of esters is 1. The average molecular weight is 155 g/mol. The molecular weight excluding hydrogens is 142 g/mol. The van der Waals surface area contributed by atoms with E-state index in [-0.39, 0.29) is 5.97 Å². The molecule has 0 radical (unpaired) electrons. The van der Waals surface area contributed by atoms with Crippen molar-refractivity contribution in [2.24, 2.45) is 0 Å². The molecule has 1 aliphatic heterocycles. The second-order valence-corrected chi connectivity index (χ2v) is 2.56. The van der Waals surface area contributed by atoms with Crippen LogP contribution in [-0.2, 0) is 9.53 Å². The molecule has 3 nitrogen and oxygen atoms in total. The summed E-state index contributed by atoms with van der Waals surface area (Å²) in [5.41, 5.74) is 0. The molecule has 0 aromatic heterocycles. The van der Waals surface area contributed by atoms with Gasteiger partial charge in [-0.3, -0.25) is 4.79 Å². The van der Waals surface area contributed by atoms with Gasteiger partial charge in [-0.15, -0.1) is 0 Å². The van der Waals surface area contributed by atoms with Crippen molar-refractivity contribution in [1.82, 2.24) is 4.90 Å². The van der Waals surface area contributed by atoms with Gasteiger partial charge in [0.05, 0.1) is 6.42 Å². The van der Waals surface area contributed by atoms with Crippen LogP contribution < -0.4 is 0 Å². The molecule has 0 spiro atoms. The molecule has 0 aromatic carbocycles. The van der Waals surface area contributed by atoms with Gasteiger partial charge in [0.15, 0.2) is 0 Å². The number of hydrogen-bond acceptors (Lipinski definition) is 3. The maximum atomic E-state index is 10.8. The molecule has 1 fully saturated rings. The number of ether oxygens (including phenoxy) is 1. The van der Waals surface area contributed by atoms with Crippen LogP contribution in [0, 0.1) is 0 Å². The van der Waals surface area contributed by atoms with Crippen molar-refractivity contribution in [2.75, 3.05) is 26.2 Å². The van der Waals surface area contributed by atoms with Crippen LogP contribution in [0.4, 0.5) is 0 Å². The normalized spacial score (nSPS) is 16.0. The lowest BCUT2D eigenvalue weighted by Gasteiger charge is -2.00. The van der Waals surface area contributed by atoms with E-state index >= 15 is 0 Å². The number of hydrogen-bond donors (Lipinski definition) is 0.